The Kier molecular flexibility index (Phi) is 4.69. The molecule has 1 N–H and O–H groups in total. The number of rotatable bonds is 6. The molecule has 0 radical (unpaired) electrons. The highest BCUT2D eigenvalue weighted by atomic mass is 16.5. The van der Waals surface area contributed by atoms with E-state index in [1.54, 1.807) is 19.4 Å². The molecule has 0 aliphatic heterocycles. The highest BCUT2D eigenvalue weighted by Gasteiger charge is 2.18. The van der Waals surface area contributed by atoms with Gasteiger partial charge in [0.25, 0.3) is 0 Å². The third-order valence-electron chi connectivity index (χ3n) is 1.94. The number of nitrogens with one attached hydrogen (secondary N) is 1. The number of nitrogens with zero attached hydrogens (tertiary/aromatic N) is 2. The van der Waals surface area contributed by atoms with Gasteiger partial charge in [-0.05, 0) is 27.7 Å². The predicted octanol–water partition coefficient (Wildman–Crippen LogP) is 2.10. The summed E-state index contributed by atoms with van der Waals surface area (Å²) in [7, 11) is 1.67. The number of aromatic nitrogens is 2. The van der Waals surface area contributed by atoms with Crippen LogP contribution in [0.5, 0.6) is 5.88 Å². The molecule has 0 aliphatic carbocycles. The van der Waals surface area contributed by atoms with E-state index in [2.05, 4.69) is 15.3 Å². The lowest BCUT2D eigenvalue weighted by Crippen LogP contribution is -2.36. The van der Waals surface area contributed by atoms with E-state index in [1.807, 2.05) is 27.7 Å². The molecule has 0 fully saturated rings. The average molecular weight is 239 g/mol. The van der Waals surface area contributed by atoms with Crippen LogP contribution in [0.2, 0.25) is 0 Å². The molecule has 1 heterocycles. The van der Waals surface area contributed by atoms with Crippen LogP contribution in [-0.4, -0.2) is 35.3 Å². The normalized spacial score (nSPS) is 11.6. The fraction of sp³-hybridized carbons (Fsp3) is 0.667. The van der Waals surface area contributed by atoms with Gasteiger partial charge < -0.3 is 14.8 Å². The second-order valence-corrected chi connectivity index (χ2v) is 4.83. The smallest absolute Gasteiger partial charge is 0.226 e. The molecule has 0 bridgehead atoms. The van der Waals surface area contributed by atoms with Gasteiger partial charge in [0, 0.05) is 19.4 Å². The van der Waals surface area contributed by atoms with Crippen LogP contribution in [0.3, 0.4) is 0 Å². The molecule has 0 atom stereocenters. The Bertz CT molecular complexity index is 353. The van der Waals surface area contributed by atoms with Crippen molar-refractivity contribution in [2.24, 2.45) is 0 Å². The molecule has 0 saturated heterocycles. The van der Waals surface area contributed by atoms with Crippen LogP contribution in [0.1, 0.15) is 27.7 Å². The monoisotopic (exact) mass is 239 g/mol. The zero-order valence-corrected chi connectivity index (χ0v) is 11.2. The molecule has 1 rings (SSSR count). The fourth-order valence-electron chi connectivity index (χ4n) is 1.41. The molecular formula is C12H21N3O2. The Labute approximate surface area is 103 Å². The van der Waals surface area contributed by atoms with Crippen LogP contribution < -0.4 is 10.1 Å². The van der Waals surface area contributed by atoms with E-state index < -0.39 is 0 Å². The van der Waals surface area contributed by atoms with Crippen molar-refractivity contribution in [1.82, 2.24) is 9.97 Å². The summed E-state index contributed by atoms with van der Waals surface area (Å²) in [6.45, 7) is 8.55. The van der Waals surface area contributed by atoms with Gasteiger partial charge in [-0.3, -0.25) is 0 Å². The Morgan fingerprint density at radius 1 is 1.41 bits per heavy atom. The lowest BCUT2D eigenvalue weighted by molar-refractivity contribution is 0.157. The predicted molar refractivity (Wildman–Crippen MR) is 67.4 cm³/mol. The van der Waals surface area contributed by atoms with E-state index in [0.29, 0.717) is 18.4 Å². The van der Waals surface area contributed by atoms with Crippen LogP contribution in [0.4, 0.5) is 5.95 Å². The Morgan fingerprint density at radius 2 is 2.12 bits per heavy atom. The molecular weight excluding hydrogens is 218 g/mol. The SMILES string of the molecule is COCC(C)(C)Nc1nccc(OC(C)C)n1. The molecule has 0 spiro atoms. The lowest BCUT2D eigenvalue weighted by Gasteiger charge is -2.25. The first-order valence-electron chi connectivity index (χ1n) is 5.70. The summed E-state index contributed by atoms with van der Waals surface area (Å²) in [5.74, 6) is 1.12. The molecule has 0 saturated carbocycles. The molecule has 96 valence electrons. The fourth-order valence-corrected chi connectivity index (χ4v) is 1.41. The number of hydrogen-bond acceptors (Lipinski definition) is 5. The summed E-state index contributed by atoms with van der Waals surface area (Å²) >= 11 is 0. The van der Waals surface area contributed by atoms with Gasteiger partial charge in [-0.1, -0.05) is 0 Å². The maximum absolute atomic E-state index is 5.51. The van der Waals surface area contributed by atoms with Gasteiger partial charge in [0.05, 0.1) is 18.2 Å². The van der Waals surface area contributed by atoms with Crippen molar-refractivity contribution in [3.8, 4) is 5.88 Å². The van der Waals surface area contributed by atoms with Gasteiger partial charge in [-0.15, -0.1) is 0 Å². The van der Waals surface area contributed by atoms with Crippen molar-refractivity contribution < 1.29 is 9.47 Å². The van der Waals surface area contributed by atoms with Gasteiger partial charge in [-0.25, -0.2) is 4.98 Å². The maximum atomic E-state index is 5.51. The Hall–Kier alpha value is -1.36. The van der Waals surface area contributed by atoms with E-state index in [0.717, 1.165) is 0 Å². The summed E-state index contributed by atoms with van der Waals surface area (Å²) in [6.07, 6.45) is 1.78. The third-order valence-corrected chi connectivity index (χ3v) is 1.94. The first-order chi connectivity index (χ1) is 7.93. The van der Waals surface area contributed by atoms with E-state index in [-0.39, 0.29) is 11.6 Å². The van der Waals surface area contributed by atoms with E-state index in [1.165, 1.54) is 0 Å². The van der Waals surface area contributed by atoms with Crippen molar-refractivity contribution in [2.45, 2.75) is 39.3 Å². The largest absolute Gasteiger partial charge is 0.475 e. The summed E-state index contributed by atoms with van der Waals surface area (Å²) in [5, 5.41) is 3.21. The van der Waals surface area contributed by atoms with E-state index >= 15 is 0 Å². The van der Waals surface area contributed by atoms with Gasteiger partial charge in [0.1, 0.15) is 0 Å². The van der Waals surface area contributed by atoms with Crippen LogP contribution in [0.15, 0.2) is 12.3 Å². The van der Waals surface area contributed by atoms with Gasteiger partial charge in [0.15, 0.2) is 0 Å². The molecule has 0 aliphatic rings. The minimum absolute atomic E-state index is 0.102. The molecule has 0 amide bonds. The second-order valence-electron chi connectivity index (χ2n) is 4.83. The second kappa shape index (κ2) is 5.82. The molecule has 1 aromatic heterocycles. The van der Waals surface area contributed by atoms with Crippen molar-refractivity contribution in [2.75, 3.05) is 19.0 Å². The minimum atomic E-state index is -0.217. The standard InChI is InChI=1S/C12H21N3O2/c1-9(2)17-10-6-7-13-11(14-10)15-12(3,4)8-16-5/h6-7,9H,8H2,1-5H3,(H,13,14,15). The number of hydrogen-bond donors (Lipinski definition) is 1. The van der Waals surface area contributed by atoms with E-state index in [4.69, 9.17) is 9.47 Å². The first kappa shape index (κ1) is 13.7. The van der Waals surface area contributed by atoms with Crippen LogP contribution >= 0.6 is 0 Å². The van der Waals surface area contributed by atoms with Gasteiger partial charge in [0.2, 0.25) is 11.8 Å². The van der Waals surface area contributed by atoms with Crippen LogP contribution in [0, 0.1) is 0 Å². The van der Waals surface area contributed by atoms with Crippen molar-refractivity contribution in [3.05, 3.63) is 12.3 Å². The lowest BCUT2D eigenvalue weighted by atomic mass is 10.1. The molecule has 5 nitrogen and oxygen atoms in total. The maximum Gasteiger partial charge on any atom is 0.226 e. The number of anilines is 1. The summed E-state index contributed by atoms with van der Waals surface area (Å²) in [6, 6.07) is 1.74. The van der Waals surface area contributed by atoms with Crippen LogP contribution in [0.25, 0.3) is 0 Å². The van der Waals surface area contributed by atoms with Crippen LogP contribution in [-0.2, 0) is 4.74 Å². The van der Waals surface area contributed by atoms with E-state index in [9.17, 15) is 0 Å². The molecule has 5 heteroatoms. The number of methoxy groups -OCH3 is 1. The van der Waals surface area contributed by atoms with Crippen molar-refractivity contribution in [1.29, 1.82) is 0 Å². The Morgan fingerprint density at radius 3 is 2.71 bits per heavy atom. The van der Waals surface area contributed by atoms with Gasteiger partial charge >= 0.3 is 0 Å². The zero-order valence-electron chi connectivity index (χ0n) is 11.2. The molecule has 0 aromatic carbocycles. The first-order valence-corrected chi connectivity index (χ1v) is 5.70. The Balaban J connectivity index is 2.71. The zero-order chi connectivity index (χ0) is 12.9. The average Bonchev–Trinajstić information content (AvgIpc) is 2.15. The van der Waals surface area contributed by atoms with Gasteiger partial charge in [-0.2, -0.15) is 4.98 Å². The number of ether oxygens (including phenoxy) is 2. The molecule has 1 aromatic rings. The molecule has 17 heavy (non-hydrogen) atoms. The molecule has 0 unspecified atom stereocenters. The highest BCUT2D eigenvalue weighted by Crippen LogP contribution is 2.14. The summed E-state index contributed by atoms with van der Waals surface area (Å²) in [4.78, 5) is 8.44. The topological polar surface area (TPSA) is 56.3 Å². The quantitative estimate of drug-likeness (QED) is 0.824. The highest BCUT2D eigenvalue weighted by molar-refractivity contribution is 5.30. The van der Waals surface area contributed by atoms with Crippen molar-refractivity contribution in [3.63, 3.8) is 0 Å². The summed E-state index contributed by atoms with van der Waals surface area (Å²) in [5.41, 5.74) is -0.217. The summed E-state index contributed by atoms with van der Waals surface area (Å²) < 4.78 is 10.6. The van der Waals surface area contributed by atoms with Crippen molar-refractivity contribution >= 4 is 5.95 Å². The third kappa shape index (κ3) is 4.99. The minimum Gasteiger partial charge on any atom is -0.475 e.